The number of rotatable bonds is 2. The minimum absolute atomic E-state index is 0.261. The van der Waals surface area contributed by atoms with Crippen LogP contribution in [-0.2, 0) is 9.53 Å². The van der Waals surface area contributed by atoms with E-state index in [2.05, 4.69) is 6.58 Å². The second kappa shape index (κ2) is 5.05. The van der Waals surface area contributed by atoms with E-state index in [1.54, 1.807) is 6.08 Å². The molecule has 0 unspecified atom stereocenters. The van der Waals surface area contributed by atoms with E-state index in [-0.39, 0.29) is 12.0 Å². The van der Waals surface area contributed by atoms with Crippen LogP contribution in [0.15, 0.2) is 12.7 Å². The zero-order chi connectivity index (χ0) is 14.5. The summed E-state index contributed by atoms with van der Waals surface area (Å²) in [5.74, 6) is 0.231. The minimum atomic E-state index is -1.62. The van der Waals surface area contributed by atoms with E-state index in [0.29, 0.717) is 12.3 Å². The Morgan fingerprint density at radius 1 is 1.40 bits per heavy atom. The summed E-state index contributed by atoms with van der Waals surface area (Å²) < 4.78 is 3.82. The quantitative estimate of drug-likeness (QED) is 0.435. The summed E-state index contributed by atoms with van der Waals surface area (Å²) in [6, 6.07) is 0.274. The maximum Gasteiger partial charge on any atom is 0.328 e. The van der Waals surface area contributed by atoms with Crippen molar-refractivity contribution in [2.24, 2.45) is 5.92 Å². The molecule has 3 nitrogen and oxygen atoms in total. The Morgan fingerprint density at radius 3 is 2.75 bits per heavy atom. The SMILES string of the molecule is C=CC[C@]12C[C@@H]3CCCC[C@@H]3N1[C@H](C(Cl)(Cl)Cl)OC2=O. The van der Waals surface area contributed by atoms with Gasteiger partial charge in [0.25, 0.3) is 0 Å². The molecule has 3 fully saturated rings. The van der Waals surface area contributed by atoms with E-state index < -0.39 is 15.6 Å². The van der Waals surface area contributed by atoms with E-state index >= 15 is 0 Å². The van der Waals surface area contributed by atoms with Crippen molar-refractivity contribution >= 4 is 40.8 Å². The fourth-order valence-electron chi connectivity index (χ4n) is 4.24. The summed E-state index contributed by atoms with van der Waals surface area (Å²) in [4.78, 5) is 14.5. The number of carbonyl (C=O) groups is 1. The summed E-state index contributed by atoms with van der Waals surface area (Å²) >= 11 is 18.2. The highest BCUT2D eigenvalue weighted by Gasteiger charge is 2.67. The number of halogens is 3. The number of hydrogen-bond acceptors (Lipinski definition) is 3. The van der Waals surface area contributed by atoms with Gasteiger partial charge in [0.1, 0.15) is 5.54 Å². The predicted octanol–water partition coefficient (Wildman–Crippen LogP) is 3.82. The molecule has 3 aliphatic rings. The molecule has 1 aliphatic carbocycles. The first kappa shape index (κ1) is 15.0. The number of alkyl halides is 3. The zero-order valence-corrected chi connectivity index (χ0v) is 13.4. The molecule has 1 saturated carbocycles. The fraction of sp³-hybridized carbons (Fsp3) is 0.786. The molecule has 3 rings (SSSR count). The Kier molecular flexibility index (Phi) is 3.77. The minimum Gasteiger partial charge on any atom is -0.440 e. The van der Waals surface area contributed by atoms with Gasteiger partial charge in [0.15, 0.2) is 0 Å². The van der Waals surface area contributed by atoms with Crippen LogP contribution in [-0.4, -0.2) is 32.5 Å². The van der Waals surface area contributed by atoms with Crippen molar-refractivity contribution in [2.75, 3.05) is 0 Å². The van der Waals surface area contributed by atoms with Gasteiger partial charge in [-0.05, 0) is 31.6 Å². The Bertz CT molecular complexity index is 437. The zero-order valence-electron chi connectivity index (χ0n) is 11.2. The van der Waals surface area contributed by atoms with Gasteiger partial charge < -0.3 is 4.74 Å². The standard InChI is InChI=1S/C14H18Cl3NO2/c1-2-7-13-8-9-5-3-4-6-10(9)18(13)11(14(15,16)17)20-12(13)19/h2,9-11H,1,3-8H2/t9-,10-,11-,13+/m0/s1. The van der Waals surface area contributed by atoms with Gasteiger partial charge in [-0.2, -0.15) is 0 Å². The number of carbonyl (C=O) groups excluding carboxylic acids is 1. The first-order chi connectivity index (χ1) is 9.40. The third-order valence-corrected chi connectivity index (χ3v) is 5.49. The second-order valence-electron chi connectivity index (χ2n) is 6.05. The lowest BCUT2D eigenvalue weighted by Gasteiger charge is -2.37. The van der Waals surface area contributed by atoms with Crippen LogP contribution in [0.2, 0.25) is 0 Å². The Hall–Kier alpha value is 0.0400. The number of nitrogens with zero attached hydrogens (tertiary/aromatic N) is 1. The summed E-state index contributed by atoms with van der Waals surface area (Å²) in [7, 11) is 0. The predicted molar refractivity (Wildman–Crippen MR) is 79.9 cm³/mol. The van der Waals surface area contributed by atoms with Crippen LogP contribution in [0, 0.1) is 5.92 Å². The smallest absolute Gasteiger partial charge is 0.328 e. The third-order valence-electron chi connectivity index (χ3n) is 4.93. The van der Waals surface area contributed by atoms with Gasteiger partial charge in [0.05, 0.1) is 0 Å². The molecular weight excluding hydrogens is 321 g/mol. The number of fused-ring (bicyclic) bond motifs is 3. The van der Waals surface area contributed by atoms with Crippen LogP contribution in [0.4, 0.5) is 0 Å². The molecule has 0 bridgehead atoms. The van der Waals surface area contributed by atoms with Crippen LogP contribution in [0.5, 0.6) is 0 Å². The molecule has 0 radical (unpaired) electrons. The third kappa shape index (κ3) is 2.09. The molecule has 0 spiro atoms. The van der Waals surface area contributed by atoms with E-state index in [1.165, 1.54) is 6.42 Å². The summed E-state index contributed by atoms with van der Waals surface area (Å²) in [6.45, 7) is 3.78. The normalized spacial score (nSPS) is 41.1. The molecule has 20 heavy (non-hydrogen) atoms. The fourth-order valence-corrected chi connectivity index (χ4v) is 4.69. The van der Waals surface area contributed by atoms with Crippen molar-refractivity contribution in [3.63, 3.8) is 0 Å². The molecule has 6 heteroatoms. The summed E-state index contributed by atoms with van der Waals surface area (Å²) in [6.07, 6.45) is 6.88. The van der Waals surface area contributed by atoms with E-state index in [1.807, 2.05) is 4.90 Å². The van der Waals surface area contributed by atoms with Crippen LogP contribution < -0.4 is 0 Å². The molecule has 4 atom stereocenters. The molecule has 0 aromatic carbocycles. The number of cyclic esters (lactones) is 1. The van der Waals surface area contributed by atoms with Crippen LogP contribution in [0.1, 0.15) is 38.5 Å². The van der Waals surface area contributed by atoms with Crippen molar-refractivity contribution in [1.82, 2.24) is 4.90 Å². The van der Waals surface area contributed by atoms with Crippen molar-refractivity contribution < 1.29 is 9.53 Å². The summed E-state index contributed by atoms with van der Waals surface area (Å²) in [5.41, 5.74) is -0.671. The van der Waals surface area contributed by atoms with Crippen molar-refractivity contribution in [3.05, 3.63) is 12.7 Å². The molecule has 2 heterocycles. The Morgan fingerprint density at radius 2 is 2.10 bits per heavy atom. The number of esters is 1. The van der Waals surface area contributed by atoms with E-state index in [9.17, 15) is 4.79 Å². The highest BCUT2D eigenvalue weighted by atomic mass is 35.6. The highest BCUT2D eigenvalue weighted by molar-refractivity contribution is 6.68. The van der Waals surface area contributed by atoms with Crippen molar-refractivity contribution in [1.29, 1.82) is 0 Å². The molecule has 2 aliphatic heterocycles. The molecular formula is C14H18Cl3NO2. The van der Waals surface area contributed by atoms with E-state index in [0.717, 1.165) is 25.7 Å². The maximum atomic E-state index is 12.5. The molecule has 0 aromatic heterocycles. The van der Waals surface area contributed by atoms with Gasteiger partial charge in [-0.25, -0.2) is 9.69 Å². The molecule has 0 aromatic rings. The van der Waals surface area contributed by atoms with Gasteiger partial charge in [0.2, 0.25) is 10.0 Å². The van der Waals surface area contributed by atoms with Gasteiger partial charge in [0, 0.05) is 6.04 Å². The molecule has 0 N–H and O–H groups in total. The van der Waals surface area contributed by atoms with Gasteiger partial charge >= 0.3 is 5.97 Å². The second-order valence-corrected chi connectivity index (χ2v) is 8.42. The highest BCUT2D eigenvalue weighted by Crippen LogP contribution is 2.55. The first-order valence-corrected chi connectivity index (χ1v) is 8.21. The molecule has 0 amide bonds. The first-order valence-electron chi connectivity index (χ1n) is 7.07. The molecule has 2 saturated heterocycles. The number of ether oxygens (including phenoxy) is 1. The van der Waals surface area contributed by atoms with Crippen LogP contribution in [0.3, 0.4) is 0 Å². The van der Waals surface area contributed by atoms with Crippen LogP contribution in [0.25, 0.3) is 0 Å². The van der Waals surface area contributed by atoms with E-state index in [4.69, 9.17) is 39.5 Å². The summed E-state index contributed by atoms with van der Waals surface area (Å²) in [5, 5.41) is 0. The monoisotopic (exact) mass is 337 g/mol. The molecule has 112 valence electrons. The maximum absolute atomic E-state index is 12.5. The van der Waals surface area contributed by atoms with Gasteiger partial charge in [-0.1, -0.05) is 53.7 Å². The number of hydrogen-bond donors (Lipinski definition) is 0. The average Bonchev–Trinajstić information content (AvgIpc) is 2.83. The Labute approximate surface area is 134 Å². The van der Waals surface area contributed by atoms with Crippen molar-refractivity contribution in [3.8, 4) is 0 Å². The lowest BCUT2D eigenvalue weighted by molar-refractivity contribution is -0.146. The lowest BCUT2D eigenvalue weighted by Crippen LogP contribution is -2.52. The topological polar surface area (TPSA) is 29.5 Å². The Balaban J connectivity index is 2.01. The van der Waals surface area contributed by atoms with Gasteiger partial charge in [-0.15, -0.1) is 6.58 Å². The lowest BCUT2D eigenvalue weighted by atomic mass is 9.82. The average molecular weight is 339 g/mol. The van der Waals surface area contributed by atoms with Crippen molar-refractivity contribution in [2.45, 2.75) is 60.1 Å². The largest absolute Gasteiger partial charge is 0.440 e. The van der Waals surface area contributed by atoms with Crippen LogP contribution >= 0.6 is 34.8 Å². The van der Waals surface area contributed by atoms with Gasteiger partial charge in [-0.3, -0.25) is 0 Å².